The molecule has 2 N–H and O–H groups in total. The molecule has 2 unspecified atom stereocenters. The first-order chi connectivity index (χ1) is 8.75. The highest BCUT2D eigenvalue weighted by atomic mass is 14.8. The molecule has 92 valence electrons. The third-order valence-electron chi connectivity index (χ3n) is 3.90. The third-order valence-corrected chi connectivity index (χ3v) is 3.90. The van der Waals surface area contributed by atoms with Gasteiger partial charge in [0.05, 0.1) is 5.69 Å². The number of aryl methyl sites for hydroxylation is 1. The van der Waals surface area contributed by atoms with Crippen LogP contribution in [-0.4, -0.2) is 4.98 Å². The fraction of sp³-hybridized carbons (Fsp3) is 0.312. The van der Waals surface area contributed by atoms with Crippen molar-refractivity contribution in [3.8, 4) is 0 Å². The van der Waals surface area contributed by atoms with Crippen molar-refractivity contribution in [3.05, 3.63) is 65.0 Å². The van der Waals surface area contributed by atoms with Crippen LogP contribution in [0.2, 0.25) is 0 Å². The zero-order valence-electron chi connectivity index (χ0n) is 10.6. The highest BCUT2D eigenvalue weighted by molar-refractivity contribution is 5.40. The lowest BCUT2D eigenvalue weighted by Crippen LogP contribution is -2.23. The molecule has 0 amide bonds. The Morgan fingerprint density at radius 2 is 2.11 bits per heavy atom. The van der Waals surface area contributed by atoms with E-state index in [0.29, 0.717) is 5.92 Å². The standard InChI is InChI=1S/C16H18N2/c1-11-5-4-8-18-16(11)15(17)10-13-9-12-6-2-3-7-14(12)13/h2-8,13,15H,9-10,17H2,1H3. The van der Waals surface area contributed by atoms with E-state index in [9.17, 15) is 0 Å². The molecule has 0 fully saturated rings. The summed E-state index contributed by atoms with van der Waals surface area (Å²) in [6.07, 6.45) is 3.99. The van der Waals surface area contributed by atoms with Crippen molar-refractivity contribution in [1.29, 1.82) is 0 Å². The first kappa shape index (κ1) is 11.4. The summed E-state index contributed by atoms with van der Waals surface area (Å²) in [6.45, 7) is 2.08. The van der Waals surface area contributed by atoms with Crippen LogP contribution < -0.4 is 5.73 Å². The highest BCUT2D eigenvalue weighted by Crippen LogP contribution is 2.40. The molecule has 0 saturated carbocycles. The molecule has 2 nitrogen and oxygen atoms in total. The number of hydrogen-bond acceptors (Lipinski definition) is 2. The van der Waals surface area contributed by atoms with Crippen LogP contribution in [0.4, 0.5) is 0 Å². The number of aromatic nitrogens is 1. The Morgan fingerprint density at radius 3 is 2.89 bits per heavy atom. The maximum Gasteiger partial charge on any atom is 0.0600 e. The molecule has 2 aromatic rings. The Bertz CT molecular complexity index is 563. The van der Waals surface area contributed by atoms with Crippen molar-refractivity contribution < 1.29 is 0 Å². The Kier molecular flexibility index (Phi) is 2.88. The van der Waals surface area contributed by atoms with E-state index in [2.05, 4.69) is 42.2 Å². The molecule has 0 radical (unpaired) electrons. The minimum absolute atomic E-state index is 0.0459. The molecule has 2 heteroatoms. The zero-order chi connectivity index (χ0) is 12.5. The number of nitrogens with zero attached hydrogens (tertiary/aromatic N) is 1. The summed E-state index contributed by atoms with van der Waals surface area (Å²) in [5.74, 6) is 0.609. The van der Waals surface area contributed by atoms with Gasteiger partial charge in [-0.2, -0.15) is 0 Å². The summed E-state index contributed by atoms with van der Waals surface area (Å²) in [6, 6.07) is 12.7. The molecular formula is C16H18N2. The van der Waals surface area contributed by atoms with Gasteiger partial charge in [-0.3, -0.25) is 4.98 Å². The minimum atomic E-state index is 0.0459. The van der Waals surface area contributed by atoms with Gasteiger partial charge in [0, 0.05) is 12.2 Å². The van der Waals surface area contributed by atoms with Gasteiger partial charge in [0.15, 0.2) is 0 Å². The molecular weight excluding hydrogens is 220 g/mol. The number of benzene rings is 1. The van der Waals surface area contributed by atoms with Gasteiger partial charge < -0.3 is 5.73 Å². The number of nitrogens with two attached hydrogens (primary N) is 1. The van der Waals surface area contributed by atoms with E-state index in [1.165, 1.54) is 16.7 Å². The first-order valence-electron chi connectivity index (χ1n) is 6.50. The van der Waals surface area contributed by atoms with Crippen LogP contribution in [-0.2, 0) is 6.42 Å². The van der Waals surface area contributed by atoms with Crippen LogP contribution in [0.3, 0.4) is 0 Å². The average Bonchev–Trinajstić information content (AvgIpc) is 2.36. The monoisotopic (exact) mass is 238 g/mol. The second kappa shape index (κ2) is 4.54. The van der Waals surface area contributed by atoms with Crippen LogP contribution in [0.25, 0.3) is 0 Å². The summed E-state index contributed by atoms with van der Waals surface area (Å²) in [4.78, 5) is 4.42. The second-order valence-electron chi connectivity index (χ2n) is 5.15. The van der Waals surface area contributed by atoms with Gasteiger partial charge in [-0.15, -0.1) is 0 Å². The van der Waals surface area contributed by atoms with Crippen LogP contribution in [0.1, 0.15) is 40.8 Å². The number of fused-ring (bicyclic) bond motifs is 1. The minimum Gasteiger partial charge on any atom is -0.323 e. The Labute approximate surface area is 108 Å². The maximum atomic E-state index is 6.30. The van der Waals surface area contributed by atoms with Gasteiger partial charge in [-0.1, -0.05) is 30.3 Å². The molecule has 1 aliphatic rings. The van der Waals surface area contributed by atoms with E-state index in [1.54, 1.807) is 0 Å². The van der Waals surface area contributed by atoms with E-state index in [4.69, 9.17) is 5.73 Å². The Hall–Kier alpha value is -1.67. The Morgan fingerprint density at radius 1 is 1.28 bits per heavy atom. The van der Waals surface area contributed by atoms with Gasteiger partial charge in [0.1, 0.15) is 0 Å². The molecule has 0 aliphatic heterocycles. The summed E-state index contributed by atoms with van der Waals surface area (Å²) >= 11 is 0. The fourth-order valence-corrected chi connectivity index (χ4v) is 2.88. The average molecular weight is 238 g/mol. The number of hydrogen-bond donors (Lipinski definition) is 1. The van der Waals surface area contributed by atoms with E-state index < -0.39 is 0 Å². The van der Waals surface area contributed by atoms with E-state index in [1.807, 2.05) is 12.3 Å². The predicted molar refractivity (Wildman–Crippen MR) is 73.4 cm³/mol. The summed E-state index contributed by atoms with van der Waals surface area (Å²) < 4.78 is 0. The largest absolute Gasteiger partial charge is 0.323 e. The molecule has 2 atom stereocenters. The topological polar surface area (TPSA) is 38.9 Å². The lowest BCUT2D eigenvalue weighted by atomic mass is 9.74. The van der Waals surface area contributed by atoms with Crippen LogP contribution in [0, 0.1) is 6.92 Å². The quantitative estimate of drug-likeness (QED) is 0.892. The van der Waals surface area contributed by atoms with Crippen molar-refractivity contribution in [2.75, 3.05) is 0 Å². The third kappa shape index (κ3) is 1.93. The normalized spacial score (nSPS) is 18.9. The van der Waals surface area contributed by atoms with Gasteiger partial charge in [-0.05, 0) is 48.4 Å². The van der Waals surface area contributed by atoms with Crippen LogP contribution in [0.5, 0.6) is 0 Å². The van der Waals surface area contributed by atoms with E-state index >= 15 is 0 Å². The molecule has 3 rings (SSSR count). The SMILES string of the molecule is Cc1cccnc1C(N)CC1Cc2ccccc21. The summed E-state index contributed by atoms with van der Waals surface area (Å²) in [7, 11) is 0. The van der Waals surface area contributed by atoms with Gasteiger partial charge in [0.2, 0.25) is 0 Å². The first-order valence-corrected chi connectivity index (χ1v) is 6.50. The van der Waals surface area contributed by atoms with Crippen LogP contribution >= 0.6 is 0 Å². The molecule has 0 spiro atoms. The van der Waals surface area contributed by atoms with Gasteiger partial charge >= 0.3 is 0 Å². The van der Waals surface area contributed by atoms with Gasteiger partial charge in [-0.25, -0.2) is 0 Å². The Balaban J connectivity index is 1.74. The van der Waals surface area contributed by atoms with E-state index in [0.717, 1.165) is 18.5 Å². The highest BCUT2D eigenvalue weighted by Gasteiger charge is 2.27. The van der Waals surface area contributed by atoms with Crippen LogP contribution in [0.15, 0.2) is 42.6 Å². The van der Waals surface area contributed by atoms with E-state index in [-0.39, 0.29) is 6.04 Å². The van der Waals surface area contributed by atoms with Crippen molar-refractivity contribution in [1.82, 2.24) is 4.98 Å². The number of pyridine rings is 1. The van der Waals surface area contributed by atoms with Gasteiger partial charge in [0.25, 0.3) is 0 Å². The van der Waals surface area contributed by atoms with Crippen molar-refractivity contribution >= 4 is 0 Å². The molecule has 1 aliphatic carbocycles. The lowest BCUT2D eigenvalue weighted by Gasteiger charge is -2.32. The lowest BCUT2D eigenvalue weighted by molar-refractivity contribution is 0.490. The molecule has 1 aromatic carbocycles. The molecule has 18 heavy (non-hydrogen) atoms. The van der Waals surface area contributed by atoms with Crippen molar-refractivity contribution in [3.63, 3.8) is 0 Å². The molecule has 1 heterocycles. The maximum absolute atomic E-state index is 6.30. The summed E-state index contributed by atoms with van der Waals surface area (Å²) in [5.41, 5.74) is 11.5. The molecule has 1 aromatic heterocycles. The summed E-state index contributed by atoms with van der Waals surface area (Å²) in [5, 5.41) is 0. The smallest absolute Gasteiger partial charge is 0.0600 e. The second-order valence-corrected chi connectivity index (χ2v) is 5.15. The van der Waals surface area contributed by atoms with Crippen molar-refractivity contribution in [2.24, 2.45) is 5.73 Å². The predicted octanol–water partition coefficient (Wildman–Crippen LogP) is 3.12. The van der Waals surface area contributed by atoms with Crippen molar-refractivity contribution in [2.45, 2.75) is 31.7 Å². The number of rotatable bonds is 3. The zero-order valence-corrected chi connectivity index (χ0v) is 10.6. The molecule has 0 bridgehead atoms. The fourth-order valence-electron chi connectivity index (χ4n) is 2.88. The molecule has 0 saturated heterocycles.